The Morgan fingerprint density at radius 1 is 0.730 bits per heavy atom. The standard InChI is InChI=1S/C33H24N4/c1-33(2)28-7-3-4-9-31(28)37-30-15-14-25(20-27(30)26-6-5-8-29(33)32(26)37)36(24-16-18-35-19-17-24)23-12-10-22(21-34)11-13-23/h3-20H,1-2H3. The number of rotatable bonds is 3. The van der Waals surface area contributed by atoms with E-state index < -0.39 is 0 Å². The van der Waals surface area contributed by atoms with Crippen LogP contribution in [0.25, 0.3) is 27.5 Å². The van der Waals surface area contributed by atoms with Crippen LogP contribution >= 0.6 is 0 Å². The summed E-state index contributed by atoms with van der Waals surface area (Å²) in [6.45, 7) is 4.65. The Bertz CT molecular complexity index is 1860. The maximum Gasteiger partial charge on any atom is 0.0991 e. The first-order valence-corrected chi connectivity index (χ1v) is 12.5. The van der Waals surface area contributed by atoms with Crippen molar-refractivity contribution in [2.24, 2.45) is 0 Å². The zero-order valence-electron chi connectivity index (χ0n) is 20.7. The number of pyridine rings is 1. The number of nitriles is 1. The van der Waals surface area contributed by atoms with Gasteiger partial charge in [-0.15, -0.1) is 0 Å². The molecule has 3 heterocycles. The van der Waals surface area contributed by atoms with Gasteiger partial charge in [0.1, 0.15) is 0 Å². The van der Waals surface area contributed by atoms with E-state index in [0.29, 0.717) is 5.56 Å². The molecule has 0 saturated carbocycles. The molecule has 1 aliphatic heterocycles. The predicted molar refractivity (Wildman–Crippen MR) is 150 cm³/mol. The summed E-state index contributed by atoms with van der Waals surface area (Å²) in [6.07, 6.45) is 3.62. The zero-order chi connectivity index (χ0) is 25.1. The van der Waals surface area contributed by atoms with Crippen LogP contribution in [-0.2, 0) is 5.41 Å². The largest absolute Gasteiger partial charge is 0.310 e. The van der Waals surface area contributed by atoms with Crippen molar-refractivity contribution in [3.63, 3.8) is 0 Å². The van der Waals surface area contributed by atoms with Gasteiger partial charge in [0.2, 0.25) is 0 Å². The van der Waals surface area contributed by atoms with E-state index in [1.807, 2.05) is 48.8 Å². The zero-order valence-corrected chi connectivity index (χ0v) is 20.7. The highest BCUT2D eigenvalue weighted by molar-refractivity contribution is 6.12. The Kier molecular flexibility index (Phi) is 4.52. The second-order valence-corrected chi connectivity index (χ2v) is 10.1. The minimum Gasteiger partial charge on any atom is -0.310 e. The van der Waals surface area contributed by atoms with Crippen molar-refractivity contribution in [2.45, 2.75) is 19.3 Å². The number of hydrogen-bond acceptors (Lipinski definition) is 3. The van der Waals surface area contributed by atoms with Gasteiger partial charge in [0.05, 0.1) is 28.4 Å². The molecule has 0 fully saturated rings. The van der Waals surface area contributed by atoms with Crippen molar-refractivity contribution in [1.82, 2.24) is 9.55 Å². The van der Waals surface area contributed by atoms with E-state index >= 15 is 0 Å². The lowest BCUT2D eigenvalue weighted by Crippen LogP contribution is -2.26. The summed E-state index contributed by atoms with van der Waals surface area (Å²) in [7, 11) is 0. The van der Waals surface area contributed by atoms with Crippen molar-refractivity contribution in [3.8, 4) is 11.8 Å². The van der Waals surface area contributed by atoms with E-state index in [1.54, 1.807) is 0 Å². The van der Waals surface area contributed by atoms with Crippen LogP contribution in [0, 0.1) is 11.3 Å². The lowest BCUT2D eigenvalue weighted by atomic mass is 9.75. The summed E-state index contributed by atoms with van der Waals surface area (Å²) in [5, 5.41) is 11.8. The molecule has 1 aliphatic rings. The lowest BCUT2D eigenvalue weighted by Gasteiger charge is -2.34. The van der Waals surface area contributed by atoms with Gasteiger partial charge in [0.15, 0.2) is 0 Å². The van der Waals surface area contributed by atoms with Crippen molar-refractivity contribution in [2.75, 3.05) is 4.90 Å². The fourth-order valence-corrected chi connectivity index (χ4v) is 5.92. The fraction of sp³-hybridized carbons (Fsp3) is 0.0909. The molecule has 0 saturated heterocycles. The van der Waals surface area contributed by atoms with Gasteiger partial charge in [-0.25, -0.2) is 0 Å². The molecular formula is C33H24N4. The van der Waals surface area contributed by atoms with E-state index in [2.05, 4.69) is 95.0 Å². The topological polar surface area (TPSA) is 44.9 Å². The van der Waals surface area contributed by atoms with Crippen molar-refractivity contribution in [1.29, 1.82) is 5.26 Å². The summed E-state index contributed by atoms with van der Waals surface area (Å²) in [5.74, 6) is 0. The maximum atomic E-state index is 9.31. The molecular weight excluding hydrogens is 452 g/mol. The molecule has 0 bridgehead atoms. The van der Waals surface area contributed by atoms with Gasteiger partial charge in [-0.1, -0.05) is 50.2 Å². The Morgan fingerprint density at radius 3 is 2.22 bits per heavy atom. The van der Waals surface area contributed by atoms with Gasteiger partial charge < -0.3 is 9.47 Å². The molecule has 4 heteroatoms. The van der Waals surface area contributed by atoms with Crippen molar-refractivity contribution in [3.05, 3.63) is 126 Å². The van der Waals surface area contributed by atoms with E-state index in [-0.39, 0.29) is 5.41 Å². The first-order chi connectivity index (χ1) is 18.1. The van der Waals surface area contributed by atoms with Crippen LogP contribution in [0.2, 0.25) is 0 Å². The van der Waals surface area contributed by atoms with Crippen LogP contribution < -0.4 is 4.90 Å². The minimum atomic E-state index is -0.0884. The van der Waals surface area contributed by atoms with Crippen molar-refractivity contribution < 1.29 is 0 Å². The van der Waals surface area contributed by atoms with Gasteiger partial charge in [-0.3, -0.25) is 4.98 Å². The predicted octanol–water partition coefficient (Wildman–Crippen LogP) is 8.16. The average Bonchev–Trinajstić information content (AvgIpc) is 3.27. The summed E-state index contributed by atoms with van der Waals surface area (Å²) >= 11 is 0. The second-order valence-electron chi connectivity index (χ2n) is 10.1. The summed E-state index contributed by atoms with van der Waals surface area (Å²) in [5.41, 5.74) is 10.0. The minimum absolute atomic E-state index is 0.0884. The molecule has 0 unspecified atom stereocenters. The van der Waals surface area contributed by atoms with Crippen LogP contribution in [0.3, 0.4) is 0 Å². The highest BCUT2D eigenvalue weighted by Gasteiger charge is 2.34. The Labute approximate surface area is 215 Å². The molecule has 176 valence electrons. The molecule has 37 heavy (non-hydrogen) atoms. The normalized spacial score (nSPS) is 13.3. The molecule has 0 amide bonds. The molecule has 0 N–H and O–H groups in total. The van der Waals surface area contributed by atoms with Gasteiger partial charge in [-0.2, -0.15) is 5.26 Å². The lowest BCUT2D eigenvalue weighted by molar-refractivity contribution is 0.630. The molecule has 4 nitrogen and oxygen atoms in total. The highest BCUT2D eigenvalue weighted by atomic mass is 15.1. The molecule has 0 radical (unpaired) electrons. The summed E-state index contributed by atoms with van der Waals surface area (Å²) in [4.78, 5) is 6.44. The number of fused-ring (bicyclic) bond motifs is 5. The van der Waals surface area contributed by atoms with Gasteiger partial charge in [0, 0.05) is 45.6 Å². The van der Waals surface area contributed by atoms with Crippen LogP contribution in [0.1, 0.15) is 30.5 Å². The maximum absolute atomic E-state index is 9.31. The Balaban J connectivity index is 1.52. The molecule has 0 spiro atoms. The molecule has 2 aromatic heterocycles. The third kappa shape index (κ3) is 3.04. The third-order valence-electron chi connectivity index (χ3n) is 7.70. The van der Waals surface area contributed by atoms with Gasteiger partial charge >= 0.3 is 0 Å². The van der Waals surface area contributed by atoms with Gasteiger partial charge in [-0.05, 0) is 71.8 Å². The van der Waals surface area contributed by atoms with E-state index in [1.165, 1.54) is 38.6 Å². The Hall–Kier alpha value is -4.88. The number of aromatic nitrogens is 2. The monoisotopic (exact) mass is 476 g/mol. The fourth-order valence-electron chi connectivity index (χ4n) is 5.92. The SMILES string of the molecule is CC1(C)c2ccccc2-n2c3ccc(N(c4ccncc4)c4ccc(C#N)cc4)cc3c3cccc1c32. The quantitative estimate of drug-likeness (QED) is 0.259. The Morgan fingerprint density at radius 2 is 1.43 bits per heavy atom. The van der Waals surface area contributed by atoms with Crippen LogP contribution in [0.5, 0.6) is 0 Å². The van der Waals surface area contributed by atoms with E-state index in [0.717, 1.165) is 17.1 Å². The smallest absolute Gasteiger partial charge is 0.0991 e. The molecule has 7 rings (SSSR count). The van der Waals surface area contributed by atoms with Gasteiger partial charge in [0.25, 0.3) is 0 Å². The van der Waals surface area contributed by atoms with Crippen LogP contribution in [-0.4, -0.2) is 9.55 Å². The summed E-state index contributed by atoms with van der Waals surface area (Å²) < 4.78 is 2.43. The van der Waals surface area contributed by atoms with E-state index in [4.69, 9.17) is 0 Å². The number of nitrogens with zero attached hydrogens (tertiary/aromatic N) is 4. The second kappa shape index (κ2) is 7.81. The average molecular weight is 477 g/mol. The molecule has 0 atom stereocenters. The van der Waals surface area contributed by atoms with Crippen LogP contribution in [0.4, 0.5) is 17.1 Å². The van der Waals surface area contributed by atoms with Crippen molar-refractivity contribution >= 4 is 38.9 Å². The van der Waals surface area contributed by atoms with E-state index in [9.17, 15) is 5.26 Å². The first-order valence-electron chi connectivity index (χ1n) is 12.5. The first kappa shape index (κ1) is 21.4. The van der Waals surface area contributed by atoms with Crippen LogP contribution in [0.15, 0.2) is 109 Å². The highest BCUT2D eigenvalue weighted by Crippen LogP contribution is 2.48. The number of hydrogen-bond donors (Lipinski definition) is 0. The summed E-state index contributed by atoms with van der Waals surface area (Å²) in [6, 6.07) is 36.1. The molecule has 6 aromatic rings. The number of anilines is 3. The number of benzene rings is 4. The molecule has 0 aliphatic carbocycles. The third-order valence-corrected chi connectivity index (χ3v) is 7.70. The molecule has 4 aromatic carbocycles. The number of para-hydroxylation sites is 2.